The first-order valence-electron chi connectivity index (χ1n) is 7.32. The molecule has 0 unspecified atom stereocenters. The Bertz CT molecular complexity index is 554. The van der Waals surface area contributed by atoms with Crippen molar-refractivity contribution in [3.05, 3.63) is 58.9 Å². The van der Waals surface area contributed by atoms with Crippen molar-refractivity contribution in [3.63, 3.8) is 0 Å². The summed E-state index contributed by atoms with van der Waals surface area (Å²) >= 11 is 5.78. The number of likely N-dealkylation sites (N-methyl/N-ethyl adjacent to an activating group) is 1. The summed E-state index contributed by atoms with van der Waals surface area (Å²) in [5.41, 5.74) is 3.73. The van der Waals surface area contributed by atoms with Crippen LogP contribution >= 0.6 is 11.6 Å². The Morgan fingerprint density at radius 3 is 2.76 bits per heavy atom. The fraction of sp³-hybridized carbons (Fsp3) is 0.353. The lowest BCUT2D eigenvalue weighted by Crippen LogP contribution is -2.31. The Balaban J connectivity index is 1.80. The second-order valence-electron chi connectivity index (χ2n) is 5.08. The SMILES string of the molecule is CCN(CCNCc1ccc(Cl)nc1)c1cccc(C)c1. The van der Waals surface area contributed by atoms with Crippen molar-refractivity contribution in [2.24, 2.45) is 0 Å². The summed E-state index contributed by atoms with van der Waals surface area (Å²) < 4.78 is 0. The second-order valence-corrected chi connectivity index (χ2v) is 5.47. The molecule has 3 nitrogen and oxygen atoms in total. The van der Waals surface area contributed by atoms with Gasteiger partial charge in [-0.25, -0.2) is 4.98 Å². The highest BCUT2D eigenvalue weighted by Gasteiger charge is 2.03. The van der Waals surface area contributed by atoms with Crippen LogP contribution in [0.1, 0.15) is 18.1 Å². The molecule has 2 aromatic rings. The minimum atomic E-state index is 0.537. The predicted octanol–water partition coefficient (Wildman–Crippen LogP) is 3.66. The largest absolute Gasteiger partial charge is 0.371 e. The monoisotopic (exact) mass is 303 g/mol. The van der Waals surface area contributed by atoms with Crippen LogP contribution < -0.4 is 10.2 Å². The molecule has 0 aliphatic carbocycles. The van der Waals surface area contributed by atoms with Crippen LogP contribution in [0.5, 0.6) is 0 Å². The first kappa shape index (κ1) is 15.8. The molecule has 1 N–H and O–H groups in total. The first-order valence-corrected chi connectivity index (χ1v) is 7.69. The van der Waals surface area contributed by atoms with Gasteiger partial charge in [0.2, 0.25) is 0 Å². The minimum absolute atomic E-state index is 0.537. The van der Waals surface area contributed by atoms with E-state index in [2.05, 4.69) is 53.3 Å². The molecule has 0 spiro atoms. The molecular weight excluding hydrogens is 282 g/mol. The van der Waals surface area contributed by atoms with Gasteiger partial charge >= 0.3 is 0 Å². The lowest BCUT2D eigenvalue weighted by Gasteiger charge is -2.23. The quantitative estimate of drug-likeness (QED) is 0.625. The maximum Gasteiger partial charge on any atom is 0.129 e. The van der Waals surface area contributed by atoms with Crippen molar-refractivity contribution >= 4 is 17.3 Å². The number of anilines is 1. The van der Waals surface area contributed by atoms with Crippen LogP contribution in [0.4, 0.5) is 5.69 Å². The number of pyridine rings is 1. The number of hydrogen-bond donors (Lipinski definition) is 1. The summed E-state index contributed by atoms with van der Waals surface area (Å²) in [5.74, 6) is 0. The number of hydrogen-bond acceptors (Lipinski definition) is 3. The molecule has 1 heterocycles. The molecule has 1 aromatic heterocycles. The summed E-state index contributed by atoms with van der Waals surface area (Å²) in [6.45, 7) is 8.06. The van der Waals surface area contributed by atoms with Gasteiger partial charge in [0.1, 0.15) is 5.15 Å². The summed E-state index contributed by atoms with van der Waals surface area (Å²) in [7, 11) is 0. The van der Waals surface area contributed by atoms with Gasteiger partial charge in [0.25, 0.3) is 0 Å². The molecule has 0 amide bonds. The van der Waals surface area contributed by atoms with Gasteiger partial charge in [0, 0.05) is 38.1 Å². The summed E-state index contributed by atoms with van der Waals surface area (Å²) in [6, 6.07) is 12.5. The molecule has 0 bridgehead atoms. The molecular formula is C17H22ClN3. The zero-order valence-corrected chi connectivity index (χ0v) is 13.4. The maximum atomic E-state index is 5.78. The average Bonchev–Trinajstić information content (AvgIpc) is 2.49. The first-order chi connectivity index (χ1) is 10.2. The number of benzene rings is 1. The van der Waals surface area contributed by atoms with Crippen molar-refractivity contribution in [2.75, 3.05) is 24.5 Å². The van der Waals surface area contributed by atoms with Crippen LogP contribution in [0.25, 0.3) is 0 Å². The Morgan fingerprint density at radius 1 is 1.24 bits per heavy atom. The maximum absolute atomic E-state index is 5.78. The third-order valence-corrected chi connectivity index (χ3v) is 3.65. The highest BCUT2D eigenvalue weighted by Crippen LogP contribution is 2.15. The van der Waals surface area contributed by atoms with Crippen molar-refractivity contribution in [3.8, 4) is 0 Å². The zero-order chi connectivity index (χ0) is 15.1. The molecule has 0 atom stereocenters. The lowest BCUT2D eigenvalue weighted by atomic mass is 10.2. The van der Waals surface area contributed by atoms with Crippen LogP contribution in [-0.4, -0.2) is 24.6 Å². The number of nitrogens with zero attached hydrogens (tertiary/aromatic N) is 2. The summed E-state index contributed by atoms with van der Waals surface area (Å²) in [6.07, 6.45) is 1.81. The minimum Gasteiger partial charge on any atom is -0.371 e. The topological polar surface area (TPSA) is 28.2 Å². The Labute approximate surface area is 132 Å². The van der Waals surface area contributed by atoms with Gasteiger partial charge < -0.3 is 10.2 Å². The number of rotatable bonds is 7. The normalized spacial score (nSPS) is 10.6. The van der Waals surface area contributed by atoms with Gasteiger partial charge in [-0.15, -0.1) is 0 Å². The van der Waals surface area contributed by atoms with E-state index in [0.29, 0.717) is 5.15 Å². The smallest absolute Gasteiger partial charge is 0.129 e. The van der Waals surface area contributed by atoms with E-state index < -0.39 is 0 Å². The second kappa shape index (κ2) is 8.01. The molecule has 2 rings (SSSR count). The molecule has 0 fully saturated rings. The summed E-state index contributed by atoms with van der Waals surface area (Å²) in [5, 5.41) is 3.98. The number of halogens is 1. The van der Waals surface area contributed by atoms with Crippen LogP contribution in [0.15, 0.2) is 42.6 Å². The van der Waals surface area contributed by atoms with E-state index in [0.717, 1.165) is 31.7 Å². The molecule has 4 heteroatoms. The lowest BCUT2D eigenvalue weighted by molar-refractivity contribution is 0.664. The van der Waals surface area contributed by atoms with Gasteiger partial charge in [-0.1, -0.05) is 29.8 Å². The third kappa shape index (κ3) is 5.03. The number of aryl methyl sites for hydroxylation is 1. The average molecular weight is 304 g/mol. The highest BCUT2D eigenvalue weighted by atomic mass is 35.5. The van der Waals surface area contributed by atoms with Crippen molar-refractivity contribution in [1.82, 2.24) is 10.3 Å². The van der Waals surface area contributed by atoms with E-state index in [-0.39, 0.29) is 0 Å². The van der Waals surface area contributed by atoms with Crippen molar-refractivity contribution < 1.29 is 0 Å². The number of aromatic nitrogens is 1. The molecule has 1 aromatic carbocycles. The van der Waals surface area contributed by atoms with Gasteiger partial charge in [0.05, 0.1) is 0 Å². The predicted molar refractivity (Wildman–Crippen MR) is 90.0 cm³/mol. The summed E-state index contributed by atoms with van der Waals surface area (Å²) in [4.78, 5) is 6.46. The molecule has 0 saturated heterocycles. The van der Waals surface area contributed by atoms with Crippen LogP contribution in [-0.2, 0) is 6.54 Å². The van der Waals surface area contributed by atoms with Crippen LogP contribution in [0, 0.1) is 6.92 Å². The standard InChI is InChI=1S/C17H22ClN3/c1-3-21(16-6-4-5-14(2)11-16)10-9-19-12-15-7-8-17(18)20-13-15/h4-8,11,13,19H,3,9-10,12H2,1-2H3. The molecule has 0 radical (unpaired) electrons. The zero-order valence-electron chi connectivity index (χ0n) is 12.6. The Morgan fingerprint density at radius 2 is 2.10 bits per heavy atom. The Hall–Kier alpha value is -1.58. The van der Waals surface area contributed by atoms with E-state index in [1.807, 2.05) is 18.3 Å². The fourth-order valence-corrected chi connectivity index (χ4v) is 2.36. The Kier molecular flexibility index (Phi) is 6.03. The van der Waals surface area contributed by atoms with E-state index >= 15 is 0 Å². The molecule has 0 aliphatic rings. The van der Waals surface area contributed by atoms with Crippen molar-refractivity contribution in [1.29, 1.82) is 0 Å². The fourth-order valence-electron chi connectivity index (χ4n) is 2.25. The van der Waals surface area contributed by atoms with E-state index in [9.17, 15) is 0 Å². The molecule has 112 valence electrons. The van der Waals surface area contributed by atoms with Crippen molar-refractivity contribution in [2.45, 2.75) is 20.4 Å². The van der Waals surface area contributed by atoms with E-state index in [1.165, 1.54) is 11.3 Å². The van der Waals surface area contributed by atoms with E-state index in [1.54, 1.807) is 0 Å². The molecule has 21 heavy (non-hydrogen) atoms. The molecule has 0 saturated carbocycles. The number of nitrogens with one attached hydrogen (secondary N) is 1. The van der Waals surface area contributed by atoms with Crippen LogP contribution in [0.2, 0.25) is 5.15 Å². The van der Waals surface area contributed by atoms with Gasteiger partial charge in [-0.2, -0.15) is 0 Å². The molecule has 0 aliphatic heterocycles. The highest BCUT2D eigenvalue weighted by molar-refractivity contribution is 6.29. The third-order valence-electron chi connectivity index (χ3n) is 3.42. The van der Waals surface area contributed by atoms with E-state index in [4.69, 9.17) is 11.6 Å². The van der Waals surface area contributed by atoms with Gasteiger partial charge in [0.15, 0.2) is 0 Å². The van der Waals surface area contributed by atoms with Crippen LogP contribution in [0.3, 0.4) is 0 Å². The van der Waals surface area contributed by atoms with Gasteiger partial charge in [-0.3, -0.25) is 0 Å². The van der Waals surface area contributed by atoms with Gasteiger partial charge in [-0.05, 0) is 43.2 Å².